The van der Waals surface area contributed by atoms with Gasteiger partial charge in [0.2, 0.25) is 0 Å². The van der Waals surface area contributed by atoms with E-state index >= 15 is 0 Å². The molecule has 1 fully saturated rings. The van der Waals surface area contributed by atoms with Crippen LogP contribution in [0.5, 0.6) is 0 Å². The van der Waals surface area contributed by atoms with Crippen LogP contribution in [0.15, 0.2) is 22.3 Å². The molecule has 0 aromatic rings. The molecule has 2 heterocycles. The molecule has 2 atom stereocenters. The third kappa shape index (κ3) is 1.73. The second-order valence-electron chi connectivity index (χ2n) is 5.67. The summed E-state index contributed by atoms with van der Waals surface area (Å²) in [5, 5.41) is 0. The van der Waals surface area contributed by atoms with Gasteiger partial charge >= 0.3 is 11.9 Å². The highest BCUT2D eigenvalue weighted by Gasteiger charge is 2.51. The lowest BCUT2D eigenvalue weighted by Gasteiger charge is -2.29. The molecule has 0 amide bonds. The summed E-state index contributed by atoms with van der Waals surface area (Å²) in [6.45, 7) is 2.06. The van der Waals surface area contributed by atoms with Gasteiger partial charge in [0.1, 0.15) is 0 Å². The first-order valence-electron chi connectivity index (χ1n) is 6.79. The van der Waals surface area contributed by atoms with Crippen molar-refractivity contribution < 1.29 is 23.8 Å². The normalized spacial score (nSPS) is 31.4. The van der Waals surface area contributed by atoms with Crippen molar-refractivity contribution in [3.05, 3.63) is 22.3 Å². The highest BCUT2D eigenvalue weighted by molar-refractivity contribution is 6.01. The number of ether oxygens (including phenoxy) is 3. The average molecular weight is 278 g/mol. The summed E-state index contributed by atoms with van der Waals surface area (Å²) in [4.78, 5) is 23.9. The Bertz CT molecular complexity index is 557. The number of rotatable bonds is 2. The van der Waals surface area contributed by atoms with Crippen LogP contribution in [0.4, 0.5) is 0 Å². The van der Waals surface area contributed by atoms with Crippen LogP contribution in [0.1, 0.15) is 32.6 Å². The van der Waals surface area contributed by atoms with E-state index in [-0.39, 0.29) is 11.7 Å². The van der Waals surface area contributed by atoms with Gasteiger partial charge < -0.3 is 14.2 Å². The Morgan fingerprint density at radius 3 is 2.35 bits per heavy atom. The number of hydrogen-bond acceptors (Lipinski definition) is 5. The number of carbonyl (C=O) groups excluding carboxylic acids is 2. The summed E-state index contributed by atoms with van der Waals surface area (Å²) in [5.74, 6) is -0.909. The van der Waals surface area contributed by atoms with E-state index in [1.54, 1.807) is 0 Å². The Hall–Kier alpha value is -1.62. The van der Waals surface area contributed by atoms with Crippen molar-refractivity contribution in [1.82, 2.24) is 0 Å². The average Bonchev–Trinajstić information content (AvgIpc) is 2.98. The Morgan fingerprint density at radius 1 is 1.15 bits per heavy atom. The van der Waals surface area contributed by atoms with E-state index in [0.717, 1.165) is 24.0 Å². The van der Waals surface area contributed by atoms with Crippen molar-refractivity contribution in [2.75, 3.05) is 14.2 Å². The lowest BCUT2D eigenvalue weighted by atomic mass is 9.74. The molecular weight excluding hydrogens is 260 g/mol. The van der Waals surface area contributed by atoms with Gasteiger partial charge in [0, 0.05) is 12.8 Å². The first-order valence-corrected chi connectivity index (χ1v) is 6.79. The molecule has 0 radical (unpaired) electrons. The fourth-order valence-electron chi connectivity index (χ4n) is 3.58. The maximum absolute atomic E-state index is 11.9. The highest BCUT2D eigenvalue weighted by atomic mass is 16.5. The Kier molecular flexibility index (Phi) is 2.97. The van der Waals surface area contributed by atoms with Crippen LogP contribution in [-0.2, 0) is 23.8 Å². The van der Waals surface area contributed by atoms with E-state index in [1.165, 1.54) is 14.2 Å². The Balaban J connectivity index is 2.00. The summed E-state index contributed by atoms with van der Waals surface area (Å²) < 4.78 is 15.6. The molecular formula is C15H18O5. The van der Waals surface area contributed by atoms with Crippen molar-refractivity contribution in [2.24, 2.45) is 0 Å². The van der Waals surface area contributed by atoms with Gasteiger partial charge in [-0.25, -0.2) is 9.59 Å². The fourth-order valence-corrected chi connectivity index (χ4v) is 3.58. The first kappa shape index (κ1) is 13.4. The predicted octanol–water partition coefficient (Wildman–Crippen LogP) is 1.67. The van der Waals surface area contributed by atoms with Gasteiger partial charge in [0.25, 0.3) is 0 Å². The molecule has 3 aliphatic rings. The molecule has 0 saturated carbocycles. The molecule has 108 valence electrons. The number of hydrogen-bond donors (Lipinski definition) is 0. The third-order valence-electron chi connectivity index (χ3n) is 4.65. The topological polar surface area (TPSA) is 61.8 Å². The summed E-state index contributed by atoms with van der Waals surface area (Å²) in [6, 6.07) is 0. The number of fused-ring (bicyclic) bond motifs is 4. The first-order chi connectivity index (χ1) is 9.50. The van der Waals surface area contributed by atoms with Gasteiger partial charge in [-0.05, 0) is 30.9 Å². The smallest absolute Gasteiger partial charge is 0.334 e. The van der Waals surface area contributed by atoms with Crippen LogP contribution >= 0.6 is 0 Å². The lowest BCUT2D eigenvalue weighted by molar-refractivity contribution is -0.139. The van der Waals surface area contributed by atoms with Crippen molar-refractivity contribution in [3.63, 3.8) is 0 Å². The van der Waals surface area contributed by atoms with E-state index < -0.39 is 11.9 Å². The zero-order valence-corrected chi connectivity index (χ0v) is 11.9. The molecule has 1 aliphatic carbocycles. The van der Waals surface area contributed by atoms with Gasteiger partial charge in [-0.3, -0.25) is 0 Å². The molecule has 0 aromatic heterocycles. The quantitative estimate of drug-likeness (QED) is 0.568. The van der Waals surface area contributed by atoms with Gasteiger partial charge in [-0.1, -0.05) is 0 Å². The molecule has 0 aromatic carbocycles. The molecule has 0 unspecified atom stereocenters. The minimum Gasteiger partial charge on any atom is -0.466 e. The molecule has 1 saturated heterocycles. The summed E-state index contributed by atoms with van der Waals surface area (Å²) >= 11 is 0. The van der Waals surface area contributed by atoms with E-state index in [4.69, 9.17) is 14.2 Å². The van der Waals surface area contributed by atoms with E-state index in [9.17, 15) is 9.59 Å². The van der Waals surface area contributed by atoms with Crippen LogP contribution in [0.3, 0.4) is 0 Å². The Labute approximate surface area is 117 Å². The SMILES string of the molecule is COC(=O)C1=C(C(=O)OC)CC2=C(C1)[C@@H]1CC[C@@]2(C)O1. The standard InChI is InChI=1S/C15H18O5/c1-15-5-4-12(20-15)10-6-8(13(16)18-2)9(7-11(10)15)14(17)19-3/h12H,4-7H2,1-3H3/t12-,15+/m0/s1. The van der Waals surface area contributed by atoms with E-state index in [1.807, 2.05) is 0 Å². The number of esters is 2. The largest absolute Gasteiger partial charge is 0.466 e. The minimum absolute atomic E-state index is 0.0915. The molecule has 3 rings (SSSR count). The minimum atomic E-state index is -0.455. The molecule has 5 nitrogen and oxygen atoms in total. The maximum atomic E-state index is 11.9. The van der Waals surface area contributed by atoms with Crippen molar-refractivity contribution in [1.29, 1.82) is 0 Å². The van der Waals surface area contributed by atoms with Crippen LogP contribution < -0.4 is 0 Å². The predicted molar refractivity (Wildman–Crippen MR) is 69.8 cm³/mol. The number of carbonyl (C=O) groups is 2. The number of methoxy groups -OCH3 is 2. The van der Waals surface area contributed by atoms with Crippen LogP contribution in [0.25, 0.3) is 0 Å². The van der Waals surface area contributed by atoms with Gasteiger partial charge in [0.15, 0.2) is 0 Å². The zero-order valence-electron chi connectivity index (χ0n) is 11.9. The van der Waals surface area contributed by atoms with Crippen molar-refractivity contribution in [3.8, 4) is 0 Å². The van der Waals surface area contributed by atoms with Gasteiger partial charge in [-0.15, -0.1) is 0 Å². The van der Waals surface area contributed by atoms with Gasteiger partial charge in [0.05, 0.1) is 37.1 Å². The van der Waals surface area contributed by atoms with Crippen LogP contribution in [-0.4, -0.2) is 37.9 Å². The van der Waals surface area contributed by atoms with E-state index in [0.29, 0.717) is 24.0 Å². The second kappa shape index (κ2) is 4.45. The lowest BCUT2D eigenvalue weighted by Crippen LogP contribution is -2.28. The maximum Gasteiger partial charge on any atom is 0.334 e. The molecule has 0 spiro atoms. The van der Waals surface area contributed by atoms with Crippen LogP contribution in [0.2, 0.25) is 0 Å². The van der Waals surface area contributed by atoms with Crippen LogP contribution in [0, 0.1) is 0 Å². The van der Waals surface area contributed by atoms with Crippen molar-refractivity contribution >= 4 is 11.9 Å². The molecule has 2 bridgehead atoms. The summed E-state index contributed by atoms with van der Waals surface area (Å²) in [7, 11) is 2.65. The van der Waals surface area contributed by atoms with Gasteiger partial charge in [-0.2, -0.15) is 0 Å². The summed E-state index contributed by atoms with van der Waals surface area (Å²) in [5.41, 5.74) is 2.86. The highest BCUT2D eigenvalue weighted by Crippen LogP contribution is 2.53. The Morgan fingerprint density at radius 2 is 1.75 bits per heavy atom. The molecule has 0 N–H and O–H groups in total. The molecule has 20 heavy (non-hydrogen) atoms. The van der Waals surface area contributed by atoms with Crippen molar-refractivity contribution in [2.45, 2.75) is 44.3 Å². The monoisotopic (exact) mass is 278 g/mol. The second-order valence-corrected chi connectivity index (χ2v) is 5.67. The van der Waals surface area contributed by atoms with E-state index in [2.05, 4.69) is 6.92 Å². The summed E-state index contributed by atoms with van der Waals surface area (Å²) in [6.07, 6.45) is 2.91. The molecule has 5 heteroatoms. The molecule has 2 aliphatic heterocycles. The fraction of sp³-hybridized carbons (Fsp3) is 0.600. The third-order valence-corrected chi connectivity index (χ3v) is 4.65. The zero-order chi connectivity index (χ0) is 14.5.